The van der Waals surface area contributed by atoms with Crippen LogP contribution >= 0.6 is 0 Å². The van der Waals surface area contributed by atoms with E-state index >= 15 is 0 Å². The summed E-state index contributed by atoms with van der Waals surface area (Å²) in [5.41, 5.74) is 3.29. The van der Waals surface area contributed by atoms with E-state index < -0.39 is 10.0 Å². The minimum atomic E-state index is -3.40. The van der Waals surface area contributed by atoms with Gasteiger partial charge in [0.2, 0.25) is 21.9 Å². The summed E-state index contributed by atoms with van der Waals surface area (Å²) in [4.78, 5) is 17.2. The molecule has 0 aliphatic heterocycles. The molecule has 4 rings (SSSR count). The van der Waals surface area contributed by atoms with E-state index in [0.717, 1.165) is 29.1 Å². The first-order valence-electron chi connectivity index (χ1n) is 10.6. The van der Waals surface area contributed by atoms with Crippen LogP contribution in [0.1, 0.15) is 44.8 Å². The highest BCUT2D eigenvalue weighted by Gasteiger charge is 2.36. The molecule has 3 aromatic rings. The molecule has 0 radical (unpaired) electrons. The van der Waals surface area contributed by atoms with Crippen molar-refractivity contribution in [2.45, 2.75) is 44.4 Å². The van der Waals surface area contributed by atoms with Crippen LogP contribution < -0.4 is 14.8 Å². The molecule has 1 atom stereocenters. The van der Waals surface area contributed by atoms with Gasteiger partial charge in [0.05, 0.1) is 41.7 Å². The normalized spacial score (nSPS) is 14.6. The fourth-order valence-electron chi connectivity index (χ4n) is 3.23. The molecule has 32 heavy (non-hydrogen) atoms. The van der Waals surface area contributed by atoms with E-state index in [2.05, 4.69) is 30.0 Å². The fraction of sp³-hybridized carbons (Fsp3) is 0.364. The highest BCUT2D eigenvalue weighted by atomic mass is 32.2. The number of hydrogen-bond donors (Lipinski definition) is 2. The Morgan fingerprint density at radius 1 is 1.09 bits per heavy atom. The number of nitrogens with one attached hydrogen (secondary N) is 2. The Morgan fingerprint density at radius 3 is 2.56 bits per heavy atom. The molecular weight excluding hydrogens is 428 g/mol. The molecule has 0 bridgehead atoms. The number of anilines is 2. The number of aromatic nitrogens is 4. The Balaban J connectivity index is 1.47. The summed E-state index contributed by atoms with van der Waals surface area (Å²) in [6.45, 7) is 4.48. The molecule has 0 saturated heterocycles. The predicted molar refractivity (Wildman–Crippen MR) is 123 cm³/mol. The van der Waals surface area contributed by atoms with E-state index in [9.17, 15) is 8.42 Å². The monoisotopic (exact) mass is 454 g/mol. The van der Waals surface area contributed by atoms with Crippen molar-refractivity contribution >= 4 is 21.7 Å². The van der Waals surface area contributed by atoms with Crippen LogP contribution in [0, 0.1) is 0 Å². The van der Waals surface area contributed by atoms with E-state index in [0.29, 0.717) is 25.3 Å². The van der Waals surface area contributed by atoms with Crippen molar-refractivity contribution in [3.05, 3.63) is 54.6 Å². The molecule has 2 aromatic heterocycles. The molecule has 1 unspecified atom stereocenters. The molecule has 2 heterocycles. The van der Waals surface area contributed by atoms with Gasteiger partial charge < -0.3 is 10.1 Å². The lowest BCUT2D eigenvalue weighted by Gasteiger charge is -2.18. The van der Waals surface area contributed by atoms with E-state index in [1.165, 1.54) is 0 Å². The summed E-state index contributed by atoms with van der Waals surface area (Å²) in [5.74, 6) is 0.605. The molecular formula is C22H26N6O3S. The molecule has 1 fully saturated rings. The van der Waals surface area contributed by atoms with Gasteiger partial charge in [0, 0.05) is 17.4 Å². The lowest BCUT2D eigenvalue weighted by Crippen LogP contribution is -2.20. The van der Waals surface area contributed by atoms with E-state index in [1.807, 2.05) is 38.1 Å². The Labute approximate surface area is 187 Å². The second kappa shape index (κ2) is 9.47. The van der Waals surface area contributed by atoms with Gasteiger partial charge in [-0.3, -0.25) is 9.71 Å². The SMILES string of the molecule is CCOc1cncc(-c2ccc(NC(CC)c3ccnc(NS(=O)(=O)C4CC4)n3)cc2)n1. The number of benzene rings is 1. The van der Waals surface area contributed by atoms with Crippen LogP contribution in [0.3, 0.4) is 0 Å². The highest BCUT2D eigenvalue weighted by Crippen LogP contribution is 2.29. The number of nitrogens with zero attached hydrogens (tertiary/aromatic N) is 4. The van der Waals surface area contributed by atoms with Crippen molar-refractivity contribution in [1.82, 2.24) is 19.9 Å². The van der Waals surface area contributed by atoms with Crippen molar-refractivity contribution in [3.63, 3.8) is 0 Å². The number of sulfonamides is 1. The van der Waals surface area contributed by atoms with Crippen LogP contribution in [0.2, 0.25) is 0 Å². The van der Waals surface area contributed by atoms with Crippen LogP contribution in [0.25, 0.3) is 11.3 Å². The summed E-state index contributed by atoms with van der Waals surface area (Å²) in [5, 5.41) is 3.13. The minimum absolute atomic E-state index is 0.103. The lowest BCUT2D eigenvalue weighted by atomic mass is 10.1. The smallest absolute Gasteiger partial charge is 0.237 e. The van der Waals surface area contributed by atoms with E-state index in [-0.39, 0.29) is 17.2 Å². The molecule has 0 amide bonds. The zero-order chi connectivity index (χ0) is 22.6. The third kappa shape index (κ3) is 5.31. The van der Waals surface area contributed by atoms with Gasteiger partial charge in [-0.25, -0.2) is 23.4 Å². The first-order valence-corrected chi connectivity index (χ1v) is 12.2. The van der Waals surface area contributed by atoms with Gasteiger partial charge in [0.1, 0.15) is 0 Å². The number of rotatable bonds is 10. The third-order valence-corrected chi connectivity index (χ3v) is 6.88. The predicted octanol–water partition coefficient (Wildman–Crippen LogP) is 3.80. The number of hydrogen-bond acceptors (Lipinski definition) is 8. The van der Waals surface area contributed by atoms with Crippen LogP contribution in [0.5, 0.6) is 5.88 Å². The standard InChI is InChI=1S/C22H26N6O3S/c1-3-18(19-11-12-24-22(27-19)28-32(29,30)17-9-10-17)25-16-7-5-15(6-8-16)20-13-23-14-21(26-20)31-4-2/h5-8,11-14,17-18,25H,3-4,9-10H2,1-2H3,(H,24,27,28). The second-order valence-corrected chi connectivity index (χ2v) is 9.47. The van der Waals surface area contributed by atoms with Crippen molar-refractivity contribution in [1.29, 1.82) is 0 Å². The van der Waals surface area contributed by atoms with Gasteiger partial charge >= 0.3 is 0 Å². The third-order valence-electron chi connectivity index (χ3n) is 5.07. The lowest BCUT2D eigenvalue weighted by molar-refractivity contribution is 0.325. The van der Waals surface area contributed by atoms with Gasteiger partial charge in [-0.1, -0.05) is 19.1 Å². The van der Waals surface area contributed by atoms with Gasteiger partial charge in [-0.15, -0.1) is 0 Å². The molecule has 1 aliphatic carbocycles. The summed E-state index contributed by atoms with van der Waals surface area (Å²) in [6, 6.07) is 9.54. The average Bonchev–Trinajstić information content (AvgIpc) is 3.65. The zero-order valence-corrected chi connectivity index (χ0v) is 18.8. The molecule has 10 heteroatoms. The summed E-state index contributed by atoms with van der Waals surface area (Å²) in [7, 11) is -3.40. The van der Waals surface area contributed by atoms with Crippen LogP contribution in [0.4, 0.5) is 11.6 Å². The van der Waals surface area contributed by atoms with E-state index in [1.54, 1.807) is 24.7 Å². The Hall–Kier alpha value is -3.27. The van der Waals surface area contributed by atoms with Gasteiger partial charge in [0.25, 0.3) is 0 Å². The topological polar surface area (TPSA) is 119 Å². The molecule has 1 aromatic carbocycles. The van der Waals surface area contributed by atoms with Crippen LogP contribution in [-0.4, -0.2) is 40.2 Å². The average molecular weight is 455 g/mol. The summed E-state index contributed by atoms with van der Waals surface area (Å²) in [6.07, 6.45) is 7.00. The van der Waals surface area contributed by atoms with Crippen molar-refractivity contribution < 1.29 is 13.2 Å². The highest BCUT2D eigenvalue weighted by molar-refractivity contribution is 7.93. The van der Waals surface area contributed by atoms with Gasteiger partial charge in [-0.2, -0.15) is 0 Å². The minimum Gasteiger partial charge on any atom is -0.477 e. The molecule has 9 nitrogen and oxygen atoms in total. The molecule has 0 spiro atoms. The maximum Gasteiger partial charge on any atom is 0.237 e. The summed E-state index contributed by atoms with van der Waals surface area (Å²) < 4.78 is 32.3. The first kappa shape index (κ1) is 21.9. The Morgan fingerprint density at radius 2 is 1.88 bits per heavy atom. The van der Waals surface area contributed by atoms with Crippen molar-refractivity contribution in [2.24, 2.45) is 0 Å². The Kier molecular flexibility index (Phi) is 6.50. The zero-order valence-electron chi connectivity index (χ0n) is 18.0. The summed E-state index contributed by atoms with van der Waals surface area (Å²) >= 11 is 0. The molecule has 1 aliphatic rings. The molecule has 168 valence electrons. The van der Waals surface area contributed by atoms with Crippen LogP contribution in [-0.2, 0) is 10.0 Å². The van der Waals surface area contributed by atoms with Crippen LogP contribution in [0.15, 0.2) is 48.9 Å². The maximum atomic E-state index is 12.2. The Bertz CT molecular complexity index is 1170. The van der Waals surface area contributed by atoms with Gasteiger partial charge in [-0.05, 0) is 44.4 Å². The second-order valence-electron chi connectivity index (χ2n) is 7.51. The van der Waals surface area contributed by atoms with E-state index in [4.69, 9.17) is 4.74 Å². The molecule has 2 N–H and O–H groups in total. The van der Waals surface area contributed by atoms with Crippen molar-refractivity contribution in [2.75, 3.05) is 16.6 Å². The fourth-order valence-corrected chi connectivity index (χ4v) is 4.51. The van der Waals surface area contributed by atoms with Crippen molar-refractivity contribution in [3.8, 4) is 17.1 Å². The quantitative estimate of drug-likeness (QED) is 0.475. The maximum absolute atomic E-state index is 12.2. The largest absolute Gasteiger partial charge is 0.477 e. The number of ether oxygens (including phenoxy) is 1. The molecule has 1 saturated carbocycles. The van der Waals surface area contributed by atoms with Gasteiger partial charge in [0.15, 0.2) is 0 Å². The first-order chi connectivity index (χ1) is 15.5.